The monoisotopic (exact) mass is 551 g/mol. The molecule has 0 bridgehead atoms. The topological polar surface area (TPSA) is 141 Å². The first kappa shape index (κ1) is 26.9. The molecule has 0 spiro atoms. The molecular formula is C28H27F2N5O5. The standard InChI is InChI=1S/C28H27F2N5O5/c1-38-23-13-33-27-24(25(23)35-15-6-7-17(39-14-15)11-34-28(31)37)19(12-32-27)26(36)18-9-8-16(10-21(18)30)40-22-5-3-2-4-20(22)29/h2-5,8-10,12-13,15,17H,6-7,11,14H2,1H3,(H3,31,34,37)(H2,32,33,35)/t15-,17+/m1/s1. The molecule has 0 radical (unpaired) electrons. The number of aromatic nitrogens is 2. The van der Waals surface area contributed by atoms with Crippen LogP contribution in [0.25, 0.3) is 11.0 Å². The second-order valence-electron chi connectivity index (χ2n) is 9.25. The van der Waals surface area contributed by atoms with Crippen LogP contribution < -0.4 is 25.8 Å². The number of anilines is 1. The number of fused-ring (bicyclic) bond motifs is 1. The van der Waals surface area contributed by atoms with Crippen LogP contribution in [0.15, 0.2) is 54.9 Å². The van der Waals surface area contributed by atoms with Gasteiger partial charge in [0.2, 0.25) is 0 Å². The number of aromatic amines is 1. The Hall–Kier alpha value is -4.71. The van der Waals surface area contributed by atoms with E-state index in [0.717, 1.165) is 6.07 Å². The number of primary amides is 1. The van der Waals surface area contributed by atoms with E-state index >= 15 is 4.39 Å². The minimum absolute atomic E-state index is 0.0467. The quantitative estimate of drug-likeness (QED) is 0.225. The van der Waals surface area contributed by atoms with Gasteiger partial charge in [-0.2, -0.15) is 0 Å². The van der Waals surface area contributed by atoms with Crippen molar-refractivity contribution in [3.63, 3.8) is 0 Å². The molecule has 5 rings (SSSR count). The Morgan fingerprint density at radius 2 is 1.95 bits per heavy atom. The Kier molecular flexibility index (Phi) is 7.78. The van der Waals surface area contributed by atoms with Crippen LogP contribution in [0, 0.1) is 11.6 Å². The predicted octanol–water partition coefficient (Wildman–Crippen LogP) is 4.50. The SMILES string of the molecule is COc1cnc2[nH]cc(C(=O)c3ccc(Oc4ccccc4F)cc3F)c2c1N[C@@H]1CC[C@@H](CNC(N)=O)OC1. The van der Waals surface area contributed by atoms with Gasteiger partial charge in [0.1, 0.15) is 17.2 Å². The van der Waals surface area contributed by atoms with Crippen LogP contribution in [-0.4, -0.2) is 54.2 Å². The van der Waals surface area contributed by atoms with Crippen LogP contribution in [0.1, 0.15) is 28.8 Å². The molecule has 208 valence electrons. The summed E-state index contributed by atoms with van der Waals surface area (Å²) in [4.78, 5) is 31.8. The van der Waals surface area contributed by atoms with Crippen molar-refractivity contribution in [3.8, 4) is 17.2 Å². The lowest BCUT2D eigenvalue weighted by Crippen LogP contribution is -2.42. The Balaban J connectivity index is 1.39. The third-order valence-corrected chi connectivity index (χ3v) is 6.60. The van der Waals surface area contributed by atoms with E-state index in [-0.39, 0.29) is 34.8 Å². The van der Waals surface area contributed by atoms with Gasteiger partial charge in [0, 0.05) is 24.8 Å². The summed E-state index contributed by atoms with van der Waals surface area (Å²) < 4.78 is 45.9. The third kappa shape index (κ3) is 5.66. The van der Waals surface area contributed by atoms with Crippen LogP contribution in [0.5, 0.6) is 17.2 Å². The van der Waals surface area contributed by atoms with E-state index < -0.39 is 23.4 Å². The van der Waals surface area contributed by atoms with Gasteiger partial charge in [-0.15, -0.1) is 0 Å². The van der Waals surface area contributed by atoms with Crippen molar-refractivity contribution < 1.29 is 32.6 Å². The molecule has 2 amide bonds. The van der Waals surface area contributed by atoms with E-state index in [0.29, 0.717) is 48.5 Å². The fourth-order valence-corrected chi connectivity index (χ4v) is 4.60. The number of ether oxygens (including phenoxy) is 3. The van der Waals surface area contributed by atoms with Crippen LogP contribution in [0.2, 0.25) is 0 Å². The molecule has 0 aliphatic carbocycles. The molecule has 1 aliphatic heterocycles. The normalized spacial score (nSPS) is 16.9. The van der Waals surface area contributed by atoms with Gasteiger partial charge < -0.3 is 35.6 Å². The highest BCUT2D eigenvalue weighted by Gasteiger charge is 2.27. The first-order valence-electron chi connectivity index (χ1n) is 12.6. The summed E-state index contributed by atoms with van der Waals surface area (Å²) in [5.41, 5.74) is 6.05. The van der Waals surface area contributed by atoms with Crippen molar-refractivity contribution >= 4 is 28.5 Å². The van der Waals surface area contributed by atoms with Crippen molar-refractivity contribution in [1.29, 1.82) is 0 Å². The van der Waals surface area contributed by atoms with Gasteiger partial charge in [0.15, 0.2) is 23.1 Å². The molecule has 2 aromatic carbocycles. The molecule has 40 heavy (non-hydrogen) atoms. The molecular weight excluding hydrogens is 524 g/mol. The highest BCUT2D eigenvalue weighted by atomic mass is 19.1. The number of nitrogens with two attached hydrogens (primary N) is 1. The summed E-state index contributed by atoms with van der Waals surface area (Å²) in [6, 6.07) is 8.75. The number of hydrogen-bond donors (Lipinski definition) is 4. The van der Waals surface area contributed by atoms with Crippen LogP contribution in [0.4, 0.5) is 19.3 Å². The molecule has 4 aromatic rings. The highest BCUT2D eigenvalue weighted by molar-refractivity contribution is 6.19. The number of halogens is 2. The van der Waals surface area contributed by atoms with Crippen molar-refractivity contribution in [2.75, 3.05) is 25.6 Å². The molecule has 1 aliphatic rings. The zero-order valence-corrected chi connectivity index (χ0v) is 21.5. The molecule has 10 nitrogen and oxygen atoms in total. The number of nitrogens with zero attached hydrogens (tertiary/aromatic N) is 1. The van der Waals surface area contributed by atoms with Gasteiger partial charge in [-0.1, -0.05) is 12.1 Å². The van der Waals surface area contributed by atoms with E-state index in [1.165, 1.54) is 49.8 Å². The second-order valence-corrected chi connectivity index (χ2v) is 9.25. The number of urea groups is 1. The van der Waals surface area contributed by atoms with Crippen molar-refractivity contribution in [2.24, 2.45) is 5.73 Å². The Morgan fingerprint density at radius 1 is 1.12 bits per heavy atom. The number of H-pyrrole nitrogens is 1. The lowest BCUT2D eigenvalue weighted by Gasteiger charge is -2.30. The summed E-state index contributed by atoms with van der Waals surface area (Å²) in [6.07, 6.45) is 4.21. The summed E-state index contributed by atoms with van der Waals surface area (Å²) >= 11 is 0. The molecule has 2 aromatic heterocycles. The average molecular weight is 552 g/mol. The number of para-hydroxylation sites is 1. The van der Waals surface area contributed by atoms with E-state index in [1.807, 2.05) is 0 Å². The maximum atomic E-state index is 15.2. The van der Waals surface area contributed by atoms with Gasteiger partial charge >= 0.3 is 6.03 Å². The minimum atomic E-state index is -0.824. The number of pyridine rings is 1. The van der Waals surface area contributed by atoms with Gasteiger partial charge in [0.25, 0.3) is 0 Å². The number of methoxy groups -OCH3 is 1. The van der Waals surface area contributed by atoms with Gasteiger partial charge in [-0.3, -0.25) is 4.79 Å². The Bertz CT molecular complexity index is 1550. The van der Waals surface area contributed by atoms with Gasteiger partial charge in [0.05, 0.1) is 48.2 Å². The summed E-state index contributed by atoms with van der Waals surface area (Å²) in [5.74, 6) is -1.62. The lowest BCUT2D eigenvalue weighted by atomic mass is 10.0. The molecule has 2 atom stereocenters. The second kappa shape index (κ2) is 11.6. The number of hydrogen-bond acceptors (Lipinski definition) is 7. The summed E-state index contributed by atoms with van der Waals surface area (Å²) in [6.45, 7) is 0.654. The molecule has 3 heterocycles. The van der Waals surface area contributed by atoms with E-state index in [4.69, 9.17) is 19.9 Å². The van der Waals surface area contributed by atoms with E-state index in [2.05, 4.69) is 20.6 Å². The number of nitrogens with one attached hydrogen (secondary N) is 3. The van der Waals surface area contributed by atoms with Crippen LogP contribution >= 0.6 is 0 Å². The third-order valence-electron chi connectivity index (χ3n) is 6.60. The van der Waals surface area contributed by atoms with Gasteiger partial charge in [-0.25, -0.2) is 18.6 Å². The largest absolute Gasteiger partial charge is 0.493 e. The molecule has 12 heteroatoms. The summed E-state index contributed by atoms with van der Waals surface area (Å²) in [7, 11) is 1.49. The number of ketones is 1. The maximum Gasteiger partial charge on any atom is 0.312 e. The van der Waals surface area contributed by atoms with Crippen molar-refractivity contribution in [1.82, 2.24) is 15.3 Å². The number of benzene rings is 2. The molecule has 0 unspecified atom stereocenters. The zero-order chi connectivity index (χ0) is 28.2. The van der Waals surface area contributed by atoms with E-state index in [9.17, 15) is 14.0 Å². The molecule has 1 fully saturated rings. The predicted molar refractivity (Wildman–Crippen MR) is 143 cm³/mol. The summed E-state index contributed by atoms with van der Waals surface area (Å²) in [5, 5.41) is 6.38. The number of carbonyl (C=O) groups is 2. The van der Waals surface area contributed by atoms with E-state index in [1.54, 1.807) is 6.07 Å². The highest BCUT2D eigenvalue weighted by Crippen LogP contribution is 2.37. The van der Waals surface area contributed by atoms with Gasteiger partial charge in [-0.05, 0) is 37.1 Å². The number of rotatable bonds is 9. The van der Waals surface area contributed by atoms with Crippen LogP contribution in [0.3, 0.4) is 0 Å². The lowest BCUT2D eigenvalue weighted by molar-refractivity contribution is 0.0120. The maximum absolute atomic E-state index is 15.2. The number of amides is 2. The average Bonchev–Trinajstić information content (AvgIpc) is 3.38. The Labute approximate surface area is 227 Å². The fourth-order valence-electron chi connectivity index (χ4n) is 4.60. The molecule has 5 N–H and O–H groups in total. The number of carbonyl (C=O) groups excluding carboxylic acids is 2. The Morgan fingerprint density at radius 3 is 2.65 bits per heavy atom. The van der Waals surface area contributed by atoms with Crippen molar-refractivity contribution in [3.05, 3.63) is 77.6 Å². The molecule has 1 saturated heterocycles. The molecule has 0 saturated carbocycles. The van der Waals surface area contributed by atoms with Crippen molar-refractivity contribution in [2.45, 2.75) is 25.0 Å². The minimum Gasteiger partial charge on any atom is -0.493 e. The smallest absolute Gasteiger partial charge is 0.312 e. The van der Waals surface area contributed by atoms with Crippen LogP contribution in [-0.2, 0) is 4.74 Å². The zero-order valence-electron chi connectivity index (χ0n) is 21.5. The fraction of sp³-hybridized carbons (Fsp3) is 0.250. The first-order chi connectivity index (χ1) is 19.3. The first-order valence-corrected chi connectivity index (χ1v) is 12.6.